The molecule has 1 amide bonds. The highest BCUT2D eigenvalue weighted by Gasteiger charge is 2.37. The first kappa shape index (κ1) is 16.8. The first-order valence-corrected chi connectivity index (χ1v) is 8.77. The van der Waals surface area contributed by atoms with Crippen molar-refractivity contribution in [3.63, 3.8) is 0 Å². The molecule has 0 aromatic heterocycles. The van der Waals surface area contributed by atoms with Gasteiger partial charge >= 0.3 is 0 Å². The van der Waals surface area contributed by atoms with E-state index in [4.69, 9.17) is 10.5 Å². The fourth-order valence-electron chi connectivity index (χ4n) is 3.63. The Hall–Kier alpha value is -0.610. The zero-order valence-electron chi connectivity index (χ0n) is 13.8. The lowest BCUT2D eigenvalue weighted by Gasteiger charge is -2.39. The van der Waals surface area contributed by atoms with E-state index in [9.17, 15) is 4.79 Å². The van der Waals surface area contributed by atoms with Gasteiger partial charge < -0.3 is 15.4 Å². The van der Waals surface area contributed by atoms with E-state index in [1.54, 1.807) is 0 Å². The van der Waals surface area contributed by atoms with E-state index in [0.717, 1.165) is 38.1 Å². The molecule has 0 unspecified atom stereocenters. The Morgan fingerprint density at radius 3 is 2.38 bits per heavy atom. The lowest BCUT2D eigenvalue weighted by Crippen LogP contribution is -2.47. The molecule has 0 aromatic carbocycles. The number of nitrogens with two attached hydrogens (primary N) is 1. The number of amides is 1. The summed E-state index contributed by atoms with van der Waals surface area (Å²) in [6.07, 6.45) is 9.28. The quantitative estimate of drug-likeness (QED) is 0.749. The maximum absolute atomic E-state index is 12.3. The van der Waals surface area contributed by atoms with Gasteiger partial charge in [-0.1, -0.05) is 19.8 Å². The molecule has 0 spiro atoms. The van der Waals surface area contributed by atoms with Gasteiger partial charge in [-0.3, -0.25) is 4.79 Å². The largest absolute Gasteiger partial charge is 0.364 e. The Balaban J connectivity index is 1.80. The maximum atomic E-state index is 12.3. The van der Waals surface area contributed by atoms with Gasteiger partial charge in [-0.2, -0.15) is 0 Å². The Kier molecular flexibility index (Phi) is 6.06. The van der Waals surface area contributed by atoms with Crippen molar-refractivity contribution in [2.24, 2.45) is 11.7 Å². The van der Waals surface area contributed by atoms with E-state index in [2.05, 4.69) is 6.92 Å². The molecule has 0 radical (unpaired) electrons. The van der Waals surface area contributed by atoms with Gasteiger partial charge in [0.15, 0.2) is 0 Å². The normalized spacial score (nSPS) is 29.4. The Morgan fingerprint density at radius 2 is 1.90 bits per heavy atom. The van der Waals surface area contributed by atoms with Gasteiger partial charge in [0, 0.05) is 19.1 Å². The molecule has 2 N–H and O–H groups in total. The summed E-state index contributed by atoms with van der Waals surface area (Å²) in [6.45, 7) is 5.83. The molecule has 21 heavy (non-hydrogen) atoms. The summed E-state index contributed by atoms with van der Waals surface area (Å²) < 4.78 is 6.05. The minimum atomic E-state index is -0.247. The number of nitrogens with zero attached hydrogens (tertiary/aromatic N) is 1. The fourth-order valence-corrected chi connectivity index (χ4v) is 3.63. The molecular formula is C17H32N2O2. The molecular weight excluding hydrogens is 264 g/mol. The highest BCUT2D eigenvalue weighted by atomic mass is 16.5. The van der Waals surface area contributed by atoms with E-state index < -0.39 is 0 Å². The molecule has 2 saturated carbocycles. The van der Waals surface area contributed by atoms with Gasteiger partial charge in [0.2, 0.25) is 5.91 Å². The number of ether oxygens (including phenoxy) is 1. The molecule has 122 valence electrons. The monoisotopic (exact) mass is 296 g/mol. The lowest BCUT2D eigenvalue weighted by atomic mass is 9.77. The fraction of sp³-hybridized carbons (Fsp3) is 0.941. The number of hydrogen-bond acceptors (Lipinski definition) is 3. The molecule has 2 aliphatic rings. The molecule has 0 bridgehead atoms. The number of likely N-dealkylation sites (N-methyl/N-ethyl adjacent to an activating group) is 1. The van der Waals surface area contributed by atoms with Crippen LogP contribution in [0.25, 0.3) is 0 Å². The van der Waals surface area contributed by atoms with Crippen molar-refractivity contribution >= 4 is 5.91 Å². The zero-order chi connectivity index (χ0) is 15.3. The smallest absolute Gasteiger partial charge is 0.248 e. The van der Waals surface area contributed by atoms with Crippen LogP contribution in [0.5, 0.6) is 0 Å². The summed E-state index contributed by atoms with van der Waals surface area (Å²) in [5, 5.41) is 0. The van der Waals surface area contributed by atoms with Crippen LogP contribution in [0.2, 0.25) is 0 Å². The number of rotatable bonds is 8. The average Bonchev–Trinajstić information content (AvgIpc) is 3.33. The second kappa shape index (κ2) is 7.59. The van der Waals surface area contributed by atoms with Crippen molar-refractivity contribution in [3.8, 4) is 0 Å². The van der Waals surface area contributed by atoms with Crippen molar-refractivity contribution in [1.82, 2.24) is 4.90 Å². The summed E-state index contributed by atoms with van der Waals surface area (Å²) in [4.78, 5) is 14.2. The molecule has 2 fully saturated rings. The third kappa shape index (κ3) is 4.43. The highest BCUT2D eigenvalue weighted by molar-refractivity contribution is 5.78. The summed E-state index contributed by atoms with van der Waals surface area (Å²) in [5.74, 6) is 0.969. The second-order valence-corrected chi connectivity index (χ2v) is 6.82. The minimum absolute atomic E-state index is 0.142. The van der Waals surface area contributed by atoms with Crippen LogP contribution in [0.1, 0.15) is 65.2 Å². The van der Waals surface area contributed by atoms with Gasteiger partial charge in [0.1, 0.15) is 6.61 Å². The number of carbonyl (C=O) groups is 1. The molecule has 2 aliphatic carbocycles. The van der Waals surface area contributed by atoms with Crippen LogP contribution in [0, 0.1) is 5.92 Å². The molecule has 0 heterocycles. The van der Waals surface area contributed by atoms with Gasteiger partial charge in [-0.25, -0.2) is 0 Å². The summed E-state index contributed by atoms with van der Waals surface area (Å²) in [6, 6.07) is 0.472. The summed E-state index contributed by atoms with van der Waals surface area (Å²) >= 11 is 0. The number of hydrogen-bond donors (Lipinski definition) is 1. The van der Waals surface area contributed by atoms with Crippen molar-refractivity contribution in [3.05, 3.63) is 0 Å². The summed E-state index contributed by atoms with van der Waals surface area (Å²) in [7, 11) is 0. The topological polar surface area (TPSA) is 55.6 Å². The first-order valence-electron chi connectivity index (χ1n) is 8.77. The predicted octanol–water partition coefficient (Wildman–Crippen LogP) is 2.70. The molecule has 0 aliphatic heterocycles. The Bertz CT molecular complexity index is 334. The van der Waals surface area contributed by atoms with Crippen LogP contribution < -0.4 is 5.73 Å². The van der Waals surface area contributed by atoms with Crippen molar-refractivity contribution < 1.29 is 9.53 Å². The van der Waals surface area contributed by atoms with Crippen molar-refractivity contribution in [2.75, 3.05) is 19.7 Å². The van der Waals surface area contributed by atoms with E-state index >= 15 is 0 Å². The van der Waals surface area contributed by atoms with E-state index in [1.807, 2.05) is 11.8 Å². The third-order valence-electron chi connectivity index (χ3n) is 5.24. The summed E-state index contributed by atoms with van der Waals surface area (Å²) in [5.41, 5.74) is 5.73. The standard InChI is InChI=1S/C17H32N2O2/c1-3-5-14-8-10-17(13-18,11-9-14)21-12-16(20)19(4-2)15-6-7-15/h14-15H,3-13,18H2,1-2H3. The highest BCUT2D eigenvalue weighted by Crippen LogP contribution is 2.36. The maximum Gasteiger partial charge on any atom is 0.248 e. The molecule has 0 aromatic rings. The van der Waals surface area contributed by atoms with Crippen molar-refractivity contribution in [1.29, 1.82) is 0 Å². The van der Waals surface area contributed by atoms with Crippen molar-refractivity contribution in [2.45, 2.75) is 76.9 Å². The zero-order valence-corrected chi connectivity index (χ0v) is 13.8. The predicted molar refractivity (Wildman–Crippen MR) is 85.0 cm³/mol. The SMILES string of the molecule is CCCC1CCC(CN)(OCC(=O)N(CC)C2CC2)CC1. The molecule has 4 nitrogen and oxygen atoms in total. The van der Waals surface area contributed by atoms with E-state index in [0.29, 0.717) is 12.6 Å². The van der Waals surface area contributed by atoms with E-state index in [-0.39, 0.29) is 18.1 Å². The van der Waals surface area contributed by atoms with Crippen LogP contribution in [-0.2, 0) is 9.53 Å². The number of carbonyl (C=O) groups excluding carboxylic acids is 1. The van der Waals surface area contributed by atoms with Crippen LogP contribution in [0.4, 0.5) is 0 Å². The van der Waals surface area contributed by atoms with E-state index in [1.165, 1.54) is 25.7 Å². The van der Waals surface area contributed by atoms with Crippen LogP contribution in [0.15, 0.2) is 0 Å². The third-order valence-corrected chi connectivity index (χ3v) is 5.24. The Labute approximate surface area is 129 Å². The van der Waals surface area contributed by atoms with Crippen LogP contribution in [0.3, 0.4) is 0 Å². The van der Waals surface area contributed by atoms with Crippen LogP contribution >= 0.6 is 0 Å². The molecule has 0 saturated heterocycles. The Morgan fingerprint density at radius 1 is 1.24 bits per heavy atom. The van der Waals surface area contributed by atoms with Gasteiger partial charge in [-0.15, -0.1) is 0 Å². The minimum Gasteiger partial charge on any atom is -0.364 e. The molecule has 2 rings (SSSR count). The molecule has 0 atom stereocenters. The molecule has 4 heteroatoms. The van der Waals surface area contributed by atoms with Gasteiger partial charge in [-0.05, 0) is 51.4 Å². The van der Waals surface area contributed by atoms with Gasteiger partial charge in [0.05, 0.1) is 5.60 Å². The second-order valence-electron chi connectivity index (χ2n) is 6.82. The lowest BCUT2D eigenvalue weighted by molar-refractivity contribution is -0.146. The van der Waals surface area contributed by atoms with Crippen LogP contribution in [-0.4, -0.2) is 42.1 Å². The van der Waals surface area contributed by atoms with Gasteiger partial charge in [0.25, 0.3) is 0 Å². The average molecular weight is 296 g/mol. The first-order chi connectivity index (χ1) is 10.1.